The van der Waals surface area contributed by atoms with Crippen molar-refractivity contribution in [1.82, 2.24) is 9.88 Å². The smallest absolute Gasteiger partial charge is 0.0547 e. The van der Waals surface area contributed by atoms with Crippen LogP contribution in [0.15, 0.2) is 42.5 Å². The second kappa shape index (κ2) is 6.27. The summed E-state index contributed by atoms with van der Waals surface area (Å²) in [5.74, 6) is 0. The number of nitrogen functional groups attached to an aromatic ring is 1. The van der Waals surface area contributed by atoms with Crippen LogP contribution in [0.1, 0.15) is 30.8 Å². The number of rotatable bonds is 5. The van der Waals surface area contributed by atoms with Gasteiger partial charge in [-0.1, -0.05) is 32.0 Å². The normalized spacial score (nSPS) is 11.9. The molecule has 0 saturated carbocycles. The number of anilines is 1. The summed E-state index contributed by atoms with van der Waals surface area (Å²) in [6, 6.07) is 14.4. The first-order chi connectivity index (χ1) is 9.87. The summed E-state index contributed by atoms with van der Waals surface area (Å²) in [5, 5.41) is 0. The van der Waals surface area contributed by atoms with E-state index in [0.717, 1.165) is 30.2 Å². The largest absolute Gasteiger partial charge is 0.399 e. The van der Waals surface area contributed by atoms with Gasteiger partial charge in [0.05, 0.1) is 5.69 Å². The molecule has 3 nitrogen and oxygen atoms in total. The second-order valence-electron chi connectivity index (χ2n) is 6.45. The average molecular weight is 283 g/mol. The lowest BCUT2D eigenvalue weighted by atomic mass is 9.84. The number of hydrogen-bond acceptors (Lipinski definition) is 3. The molecule has 0 aliphatic carbocycles. The van der Waals surface area contributed by atoms with E-state index < -0.39 is 0 Å². The minimum Gasteiger partial charge on any atom is -0.399 e. The summed E-state index contributed by atoms with van der Waals surface area (Å²) in [7, 11) is 2.14. The molecule has 0 unspecified atom stereocenters. The summed E-state index contributed by atoms with van der Waals surface area (Å²) in [5.41, 5.74) is 10.1. The highest BCUT2D eigenvalue weighted by Gasteiger charge is 2.22. The minimum atomic E-state index is 0.0757. The van der Waals surface area contributed by atoms with Crippen LogP contribution in [0, 0.1) is 6.92 Å². The van der Waals surface area contributed by atoms with Crippen molar-refractivity contribution >= 4 is 5.69 Å². The van der Waals surface area contributed by atoms with E-state index >= 15 is 0 Å². The molecule has 0 saturated heterocycles. The molecule has 2 N–H and O–H groups in total. The quantitative estimate of drug-likeness (QED) is 0.855. The Morgan fingerprint density at radius 1 is 1.10 bits per heavy atom. The van der Waals surface area contributed by atoms with Crippen LogP contribution in [-0.2, 0) is 12.0 Å². The number of hydrogen-bond donors (Lipinski definition) is 1. The summed E-state index contributed by atoms with van der Waals surface area (Å²) in [6.45, 7) is 8.38. The van der Waals surface area contributed by atoms with Crippen LogP contribution in [0.25, 0.3) is 0 Å². The number of aromatic nitrogens is 1. The lowest BCUT2D eigenvalue weighted by Crippen LogP contribution is -2.34. The third-order valence-corrected chi connectivity index (χ3v) is 3.74. The van der Waals surface area contributed by atoms with Gasteiger partial charge in [0.1, 0.15) is 0 Å². The Morgan fingerprint density at radius 3 is 2.38 bits per heavy atom. The van der Waals surface area contributed by atoms with E-state index in [9.17, 15) is 0 Å². The van der Waals surface area contributed by atoms with E-state index in [1.165, 1.54) is 5.56 Å². The molecule has 2 aromatic rings. The van der Waals surface area contributed by atoms with Crippen LogP contribution in [0.4, 0.5) is 5.69 Å². The Bertz CT molecular complexity index is 588. The summed E-state index contributed by atoms with van der Waals surface area (Å²) < 4.78 is 0. The Balaban J connectivity index is 2.03. The number of aryl methyl sites for hydroxylation is 1. The molecule has 0 bridgehead atoms. The Hall–Kier alpha value is -1.87. The van der Waals surface area contributed by atoms with Crippen LogP contribution in [0.3, 0.4) is 0 Å². The molecule has 0 aliphatic rings. The van der Waals surface area contributed by atoms with Crippen molar-refractivity contribution in [1.29, 1.82) is 0 Å². The SMILES string of the molecule is Cc1cccc(CN(C)CC(C)(C)c2ccc(N)cc2)n1. The fourth-order valence-electron chi connectivity index (χ4n) is 2.72. The lowest BCUT2D eigenvalue weighted by Gasteiger charge is -2.31. The van der Waals surface area contributed by atoms with Crippen molar-refractivity contribution in [3.8, 4) is 0 Å². The zero-order valence-corrected chi connectivity index (χ0v) is 13.4. The monoisotopic (exact) mass is 283 g/mol. The maximum Gasteiger partial charge on any atom is 0.0547 e. The molecule has 1 aromatic carbocycles. The standard InChI is InChI=1S/C18H25N3/c1-14-6-5-7-17(20-14)12-21(4)13-18(2,3)15-8-10-16(19)11-9-15/h5-11H,12-13,19H2,1-4H3. The van der Waals surface area contributed by atoms with Gasteiger partial charge in [0.2, 0.25) is 0 Å². The van der Waals surface area contributed by atoms with Crippen LogP contribution in [0.2, 0.25) is 0 Å². The van der Waals surface area contributed by atoms with E-state index in [-0.39, 0.29) is 5.41 Å². The predicted molar refractivity (Wildman–Crippen MR) is 89.2 cm³/mol. The summed E-state index contributed by atoms with van der Waals surface area (Å²) >= 11 is 0. The van der Waals surface area contributed by atoms with Crippen molar-refractivity contribution < 1.29 is 0 Å². The number of likely N-dealkylation sites (N-methyl/N-ethyl adjacent to an activating group) is 1. The predicted octanol–water partition coefficient (Wildman–Crippen LogP) is 3.38. The highest BCUT2D eigenvalue weighted by Crippen LogP contribution is 2.25. The third kappa shape index (κ3) is 4.30. The molecule has 3 heteroatoms. The molecule has 0 amide bonds. The molecule has 0 aliphatic heterocycles. The molecule has 0 radical (unpaired) electrons. The zero-order valence-electron chi connectivity index (χ0n) is 13.4. The van der Waals surface area contributed by atoms with Gasteiger partial charge >= 0.3 is 0 Å². The lowest BCUT2D eigenvalue weighted by molar-refractivity contribution is 0.258. The number of benzene rings is 1. The van der Waals surface area contributed by atoms with Gasteiger partial charge in [0, 0.05) is 29.9 Å². The van der Waals surface area contributed by atoms with Gasteiger partial charge in [-0.2, -0.15) is 0 Å². The Kier molecular flexibility index (Phi) is 4.63. The van der Waals surface area contributed by atoms with Crippen molar-refractivity contribution in [2.24, 2.45) is 0 Å². The fourth-order valence-corrected chi connectivity index (χ4v) is 2.72. The van der Waals surface area contributed by atoms with E-state index in [1.807, 2.05) is 25.1 Å². The fraction of sp³-hybridized carbons (Fsp3) is 0.389. The van der Waals surface area contributed by atoms with Crippen molar-refractivity contribution in [2.75, 3.05) is 19.3 Å². The van der Waals surface area contributed by atoms with Gasteiger partial charge in [-0.05, 0) is 43.8 Å². The highest BCUT2D eigenvalue weighted by atomic mass is 15.1. The number of nitrogens with two attached hydrogens (primary N) is 1. The second-order valence-corrected chi connectivity index (χ2v) is 6.45. The van der Waals surface area contributed by atoms with Gasteiger partial charge in [0.25, 0.3) is 0 Å². The molecular formula is C18H25N3. The van der Waals surface area contributed by atoms with Crippen LogP contribution in [0.5, 0.6) is 0 Å². The average Bonchev–Trinajstić information content (AvgIpc) is 2.38. The van der Waals surface area contributed by atoms with Crippen molar-refractivity contribution in [3.63, 3.8) is 0 Å². The van der Waals surface area contributed by atoms with Gasteiger partial charge in [0.15, 0.2) is 0 Å². The first kappa shape index (κ1) is 15.5. The van der Waals surface area contributed by atoms with Crippen molar-refractivity contribution in [3.05, 3.63) is 59.4 Å². The number of pyridine rings is 1. The van der Waals surface area contributed by atoms with Gasteiger partial charge < -0.3 is 5.73 Å². The topological polar surface area (TPSA) is 42.1 Å². The first-order valence-electron chi connectivity index (χ1n) is 7.34. The van der Waals surface area contributed by atoms with Gasteiger partial charge in [-0.25, -0.2) is 0 Å². The Labute approximate surface area is 127 Å². The minimum absolute atomic E-state index is 0.0757. The summed E-state index contributed by atoms with van der Waals surface area (Å²) in [4.78, 5) is 6.89. The van der Waals surface area contributed by atoms with Gasteiger partial charge in [-0.15, -0.1) is 0 Å². The molecule has 112 valence electrons. The molecule has 2 rings (SSSR count). The molecule has 0 fully saturated rings. The highest BCUT2D eigenvalue weighted by molar-refractivity contribution is 5.41. The van der Waals surface area contributed by atoms with Crippen LogP contribution in [-0.4, -0.2) is 23.5 Å². The number of nitrogens with zero attached hydrogens (tertiary/aromatic N) is 2. The molecular weight excluding hydrogens is 258 g/mol. The molecule has 21 heavy (non-hydrogen) atoms. The first-order valence-corrected chi connectivity index (χ1v) is 7.34. The Morgan fingerprint density at radius 2 is 1.76 bits per heavy atom. The molecule has 0 atom stereocenters. The zero-order chi connectivity index (χ0) is 15.5. The van der Waals surface area contributed by atoms with E-state index in [0.29, 0.717) is 0 Å². The summed E-state index contributed by atoms with van der Waals surface area (Å²) in [6.07, 6.45) is 0. The molecule has 0 spiro atoms. The van der Waals surface area contributed by atoms with Crippen LogP contribution >= 0.6 is 0 Å². The van der Waals surface area contributed by atoms with E-state index in [1.54, 1.807) is 0 Å². The third-order valence-electron chi connectivity index (χ3n) is 3.74. The maximum atomic E-state index is 5.77. The maximum absolute atomic E-state index is 5.77. The molecule has 1 aromatic heterocycles. The van der Waals surface area contributed by atoms with E-state index in [4.69, 9.17) is 5.73 Å². The van der Waals surface area contributed by atoms with Gasteiger partial charge in [-0.3, -0.25) is 9.88 Å². The molecule has 1 heterocycles. The van der Waals surface area contributed by atoms with Crippen LogP contribution < -0.4 is 5.73 Å². The van der Waals surface area contributed by atoms with E-state index in [2.05, 4.69) is 55.0 Å². The van der Waals surface area contributed by atoms with Crippen molar-refractivity contribution in [2.45, 2.75) is 32.7 Å².